The molecule has 0 bridgehead atoms. The fourth-order valence-electron chi connectivity index (χ4n) is 4.71. The first-order valence-corrected chi connectivity index (χ1v) is 9.68. The van der Waals surface area contributed by atoms with Gasteiger partial charge >= 0.3 is 0 Å². The molecule has 0 heterocycles. The third-order valence-corrected chi connectivity index (χ3v) is 5.93. The van der Waals surface area contributed by atoms with Crippen LogP contribution in [0.2, 0.25) is 0 Å². The summed E-state index contributed by atoms with van der Waals surface area (Å²) in [6.07, 6.45) is 7.66. The zero-order valence-electron chi connectivity index (χ0n) is 14.8. The summed E-state index contributed by atoms with van der Waals surface area (Å²) >= 11 is 0. The zero-order chi connectivity index (χ0) is 17.1. The molecular weight excluding hydrogens is 304 g/mol. The Kier molecular flexibility index (Phi) is 4.83. The minimum Gasteiger partial charge on any atom is -0.299 e. The first-order valence-electron chi connectivity index (χ1n) is 9.68. The van der Waals surface area contributed by atoms with Crippen LogP contribution < -0.4 is 0 Å². The number of hydrogen-bond acceptors (Lipinski definition) is 1. The summed E-state index contributed by atoms with van der Waals surface area (Å²) in [6, 6.07) is 21.4. The van der Waals surface area contributed by atoms with Gasteiger partial charge in [0.2, 0.25) is 0 Å². The molecule has 1 heteroatoms. The summed E-state index contributed by atoms with van der Waals surface area (Å²) in [7, 11) is 0. The lowest BCUT2D eigenvalue weighted by atomic mass is 9.83. The molecule has 0 radical (unpaired) electrons. The third-order valence-electron chi connectivity index (χ3n) is 5.93. The lowest BCUT2D eigenvalue weighted by Crippen LogP contribution is -2.20. The average Bonchev–Trinajstić information content (AvgIpc) is 3.05. The summed E-state index contributed by atoms with van der Waals surface area (Å²) in [4.78, 5) is 12.7. The van der Waals surface area contributed by atoms with Gasteiger partial charge in [0.15, 0.2) is 0 Å². The molecule has 25 heavy (non-hydrogen) atoms. The molecule has 2 aromatic rings. The van der Waals surface area contributed by atoms with E-state index in [2.05, 4.69) is 60.7 Å². The molecule has 1 nitrogen and oxygen atoms in total. The molecule has 2 aromatic carbocycles. The Labute approximate surface area is 150 Å². The fourth-order valence-corrected chi connectivity index (χ4v) is 4.71. The molecule has 0 saturated heterocycles. The Hall–Kier alpha value is -2.15. The van der Waals surface area contributed by atoms with Crippen LogP contribution in [-0.4, -0.2) is 5.78 Å². The quantitative estimate of drug-likeness (QED) is 0.655. The van der Waals surface area contributed by atoms with E-state index in [4.69, 9.17) is 0 Å². The van der Waals surface area contributed by atoms with Crippen LogP contribution >= 0.6 is 0 Å². The van der Waals surface area contributed by atoms with Crippen LogP contribution in [0.1, 0.15) is 56.1 Å². The summed E-state index contributed by atoms with van der Waals surface area (Å²) in [5.74, 6) is 1.34. The standard InChI is InChI=1S/C24H26O/c25-23-15-9-3-8-14-20-16-21(17-22(20)23)24(18-10-4-1-5-11-18)19-12-6-2-7-13-19/h1-2,4-7,10-13,20,22H,3,8-9,14-17H2. The summed E-state index contributed by atoms with van der Waals surface area (Å²) in [5, 5.41) is 0. The zero-order valence-corrected chi connectivity index (χ0v) is 14.8. The Bertz CT molecular complexity index is 716. The van der Waals surface area contributed by atoms with Gasteiger partial charge in [-0.1, -0.05) is 79.1 Å². The third kappa shape index (κ3) is 3.46. The molecule has 0 N–H and O–H groups in total. The molecule has 2 saturated carbocycles. The van der Waals surface area contributed by atoms with E-state index in [9.17, 15) is 4.79 Å². The molecular formula is C24H26O. The Morgan fingerprint density at radius 3 is 2.04 bits per heavy atom. The Morgan fingerprint density at radius 2 is 1.40 bits per heavy atom. The van der Waals surface area contributed by atoms with E-state index in [0.717, 1.165) is 25.7 Å². The Balaban J connectivity index is 1.77. The molecule has 2 fully saturated rings. The predicted octanol–water partition coefficient (Wildman–Crippen LogP) is 6.05. The molecule has 4 rings (SSSR count). The van der Waals surface area contributed by atoms with E-state index in [0.29, 0.717) is 11.7 Å². The first-order chi connectivity index (χ1) is 12.3. The molecule has 2 aliphatic rings. The van der Waals surface area contributed by atoms with Crippen LogP contribution in [0, 0.1) is 11.8 Å². The SMILES string of the molecule is O=C1CCCCCC2CC(=C(c3ccccc3)c3ccccc3)CC12. The topological polar surface area (TPSA) is 17.1 Å². The number of hydrogen-bond donors (Lipinski definition) is 0. The summed E-state index contributed by atoms with van der Waals surface area (Å²) in [5.41, 5.74) is 5.42. The maximum Gasteiger partial charge on any atom is 0.136 e. The highest BCUT2D eigenvalue weighted by molar-refractivity contribution is 5.86. The van der Waals surface area contributed by atoms with Crippen LogP contribution in [0.5, 0.6) is 0 Å². The van der Waals surface area contributed by atoms with E-state index in [1.807, 2.05) is 0 Å². The monoisotopic (exact) mass is 330 g/mol. The number of carbonyl (C=O) groups is 1. The van der Waals surface area contributed by atoms with Gasteiger partial charge in [-0.3, -0.25) is 4.79 Å². The summed E-state index contributed by atoms with van der Waals surface area (Å²) in [6.45, 7) is 0. The highest BCUT2D eigenvalue weighted by Gasteiger charge is 2.37. The number of carbonyl (C=O) groups excluding carboxylic acids is 1. The van der Waals surface area contributed by atoms with Gasteiger partial charge in [-0.05, 0) is 48.3 Å². The van der Waals surface area contributed by atoms with Crippen molar-refractivity contribution in [3.8, 4) is 0 Å². The summed E-state index contributed by atoms with van der Waals surface area (Å²) < 4.78 is 0. The van der Waals surface area contributed by atoms with Crippen molar-refractivity contribution in [3.63, 3.8) is 0 Å². The molecule has 2 aliphatic carbocycles. The minimum absolute atomic E-state index is 0.262. The van der Waals surface area contributed by atoms with Gasteiger partial charge < -0.3 is 0 Å². The molecule has 0 aliphatic heterocycles. The van der Waals surface area contributed by atoms with Gasteiger partial charge in [0.1, 0.15) is 5.78 Å². The average molecular weight is 330 g/mol. The number of ketones is 1. The van der Waals surface area contributed by atoms with Crippen LogP contribution in [-0.2, 0) is 4.79 Å². The van der Waals surface area contributed by atoms with Crippen LogP contribution in [0.25, 0.3) is 5.57 Å². The van der Waals surface area contributed by atoms with Crippen molar-refractivity contribution in [3.05, 3.63) is 77.4 Å². The molecule has 2 unspecified atom stereocenters. The van der Waals surface area contributed by atoms with Crippen molar-refractivity contribution < 1.29 is 4.79 Å². The van der Waals surface area contributed by atoms with Crippen molar-refractivity contribution in [2.75, 3.05) is 0 Å². The predicted molar refractivity (Wildman–Crippen MR) is 103 cm³/mol. The van der Waals surface area contributed by atoms with Crippen LogP contribution in [0.3, 0.4) is 0 Å². The highest BCUT2D eigenvalue weighted by Crippen LogP contribution is 2.45. The van der Waals surface area contributed by atoms with Crippen molar-refractivity contribution in [2.24, 2.45) is 11.8 Å². The van der Waals surface area contributed by atoms with E-state index in [1.54, 1.807) is 0 Å². The van der Waals surface area contributed by atoms with Crippen molar-refractivity contribution in [2.45, 2.75) is 44.9 Å². The maximum atomic E-state index is 12.7. The van der Waals surface area contributed by atoms with Crippen LogP contribution in [0.4, 0.5) is 0 Å². The van der Waals surface area contributed by atoms with E-state index in [1.165, 1.54) is 41.5 Å². The van der Waals surface area contributed by atoms with Gasteiger partial charge in [0.25, 0.3) is 0 Å². The number of benzene rings is 2. The first kappa shape index (κ1) is 16.3. The molecule has 128 valence electrons. The van der Waals surface area contributed by atoms with Gasteiger partial charge in [-0.2, -0.15) is 0 Å². The van der Waals surface area contributed by atoms with Crippen molar-refractivity contribution in [1.82, 2.24) is 0 Å². The lowest BCUT2D eigenvalue weighted by molar-refractivity contribution is -0.124. The molecule has 0 amide bonds. The lowest BCUT2D eigenvalue weighted by Gasteiger charge is -2.20. The van der Waals surface area contributed by atoms with Gasteiger partial charge in [-0.25, -0.2) is 0 Å². The highest BCUT2D eigenvalue weighted by atomic mass is 16.1. The van der Waals surface area contributed by atoms with Gasteiger partial charge in [0.05, 0.1) is 0 Å². The van der Waals surface area contributed by atoms with Crippen molar-refractivity contribution in [1.29, 1.82) is 0 Å². The smallest absolute Gasteiger partial charge is 0.136 e. The minimum atomic E-state index is 0.262. The van der Waals surface area contributed by atoms with E-state index >= 15 is 0 Å². The molecule has 0 spiro atoms. The Morgan fingerprint density at radius 1 is 0.760 bits per heavy atom. The molecule has 2 atom stereocenters. The second kappa shape index (κ2) is 7.39. The fraction of sp³-hybridized carbons (Fsp3) is 0.375. The van der Waals surface area contributed by atoms with E-state index in [-0.39, 0.29) is 5.92 Å². The second-order valence-corrected chi connectivity index (χ2v) is 7.55. The number of allylic oxidation sites excluding steroid dienone is 1. The maximum absolute atomic E-state index is 12.7. The number of Topliss-reactive ketones (excluding diaryl/α,β-unsaturated/α-hetero) is 1. The second-order valence-electron chi connectivity index (χ2n) is 7.55. The molecule has 0 aromatic heterocycles. The van der Waals surface area contributed by atoms with Crippen LogP contribution in [0.15, 0.2) is 66.2 Å². The van der Waals surface area contributed by atoms with E-state index < -0.39 is 0 Å². The largest absolute Gasteiger partial charge is 0.299 e. The van der Waals surface area contributed by atoms with Crippen molar-refractivity contribution >= 4 is 11.4 Å². The number of rotatable bonds is 2. The number of fused-ring (bicyclic) bond motifs is 1. The normalized spacial score (nSPS) is 23.7. The van der Waals surface area contributed by atoms with Gasteiger partial charge in [-0.15, -0.1) is 0 Å². The van der Waals surface area contributed by atoms with Gasteiger partial charge in [0, 0.05) is 12.3 Å².